The summed E-state index contributed by atoms with van der Waals surface area (Å²) in [5.74, 6) is 0. The van der Waals surface area contributed by atoms with Crippen LogP contribution in [-0.2, 0) is 43.3 Å². The Bertz CT molecular complexity index is 938. The molecule has 0 rings (SSSR count). The maximum atomic E-state index is 12.4. The number of ether oxygens (including phenoxy) is 2. The zero-order valence-corrected chi connectivity index (χ0v) is 24.9. The molecule has 0 aliphatic heterocycles. The van der Waals surface area contributed by atoms with Gasteiger partial charge in [0, 0.05) is 45.2 Å². The van der Waals surface area contributed by atoms with Gasteiger partial charge < -0.3 is 12.6 Å². The first kappa shape index (κ1) is 43.1. The van der Waals surface area contributed by atoms with E-state index in [9.17, 15) is 91.0 Å². The molecule has 0 heterocycles. The van der Waals surface area contributed by atoms with E-state index in [1.54, 1.807) is 4.74 Å². The van der Waals surface area contributed by atoms with Crippen molar-refractivity contribution in [1.29, 1.82) is 0 Å². The largest absolute Gasteiger partial charge is 1.00 e. The van der Waals surface area contributed by atoms with Gasteiger partial charge in [0.05, 0.1) is 11.0 Å². The molecular formula is C8F17I2KO7S2. The van der Waals surface area contributed by atoms with Gasteiger partial charge in [-0.2, -0.15) is 78.7 Å². The Morgan fingerprint density at radius 3 is 1.03 bits per heavy atom. The second-order valence-electron chi connectivity index (χ2n) is 5.03. The molecule has 0 N–H and O–H groups in total. The molecule has 0 aromatic heterocycles. The number of rotatable bonds is 11. The molecule has 0 aliphatic rings. The van der Waals surface area contributed by atoms with Crippen LogP contribution in [0.5, 0.6) is 0 Å². The van der Waals surface area contributed by atoms with Crippen molar-refractivity contribution < 1.29 is 156 Å². The van der Waals surface area contributed by atoms with Gasteiger partial charge in [-0.25, -0.2) is 9.47 Å². The molecule has 220 valence electrons. The van der Waals surface area contributed by atoms with E-state index in [0.29, 0.717) is 0 Å². The molecule has 0 aliphatic carbocycles. The van der Waals surface area contributed by atoms with Crippen LogP contribution in [0.3, 0.4) is 0 Å². The summed E-state index contributed by atoms with van der Waals surface area (Å²) in [6.45, 7) is 0. The summed E-state index contributed by atoms with van der Waals surface area (Å²) in [5.41, 5.74) is 0. The molecule has 0 bridgehead atoms. The van der Waals surface area contributed by atoms with Crippen molar-refractivity contribution in [3.05, 3.63) is 0 Å². The van der Waals surface area contributed by atoms with Crippen molar-refractivity contribution in [2.24, 2.45) is 0 Å². The number of hydrogen-bond donors (Lipinski definition) is 0. The van der Waals surface area contributed by atoms with Crippen molar-refractivity contribution in [3.63, 3.8) is 0 Å². The minimum Gasteiger partial charge on any atom is -0.397 e. The molecule has 0 radical (unpaired) electrons. The predicted molar refractivity (Wildman–Crippen MR) is 89.6 cm³/mol. The van der Waals surface area contributed by atoms with Gasteiger partial charge in [0.15, 0.2) is 0 Å². The van der Waals surface area contributed by atoms with Crippen LogP contribution in [0.1, 0.15) is 0 Å². The van der Waals surface area contributed by atoms with Gasteiger partial charge in [0.25, 0.3) is 0 Å². The van der Waals surface area contributed by atoms with Crippen LogP contribution < -0.4 is 51.4 Å². The van der Waals surface area contributed by atoms with Crippen LogP contribution in [-0.4, -0.2) is 52.1 Å². The molecule has 0 spiro atoms. The first-order valence-electron chi connectivity index (χ1n) is 6.61. The Morgan fingerprint density at radius 2 is 0.811 bits per heavy atom. The molecule has 0 aromatic rings. The minimum atomic E-state index is -7.37. The SMILES string of the molecule is O=S(=O)(F)C(F)(F)C(F)(F)OC(F)(F)C(F)(F)I.O=[S-](=O)OC(F)(F)C(F)(F)OC(F)(F)C(F)(F)I.[K+]. The quantitative estimate of drug-likeness (QED) is 0.0787. The summed E-state index contributed by atoms with van der Waals surface area (Å²) in [6, 6.07) is 0. The van der Waals surface area contributed by atoms with Crippen LogP contribution in [0.25, 0.3) is 0 Å². The van der Waals surface area contributed by atoms with E-state index < -0.39 is 87.5 Å². The zero-order valence-electron chi connectivity index (χ0n) is 15.9. The van der Waals surface area contributed by atoms with Crippen molar-refractivity contribution in [2.75, 3.05) is 0 Å². The third-order valence-electron chi connectivity index (χ3n) is 2.33. The second kappa shape index (κ2) is 13.3. The second-order valence-corrected chi connectivity index (χ2v) is 9.70. The van der Waals surface area contributed by atoms with Gasteiger partial charge in [0.2, 0.25) is 0 Å². The third kappa shape index (κ3) is 11.8. The van der Waals surface area contributed by atoms with E-state index in [0.717, 1.165) is 0 Å². The van der Waals surface area contributed by atoms with E-state index in [1.165, 1.54) is 0 Å². The van der Waals surface area contributed by atoms with Crippen LogP contribution in [0.15, 0.2) is 0 Å². The van der Waals surface area contributed by atoms with E-state index >= 15 is 0 Å². The molecule has 0 saturated heterocycles. The van der Waals surface area contributed by atoms with Gasteiger partial charge in [0.1, 0.15) is 0 Å². The first-order chi connectivity index (χ1) is 15.1. The molecule has 0 saturated carbocycles. The summed E-state index contributed by atoms with van der Waals surface area (Å²) >= 11 is -0.757. The Morgan fingerprint density at radius 1 is 0.541 bits per heavy atom. The molecule has 29 heteroatoms. The number of halogens is 19. The number of alkyl halides is 18. The summed E-state index contributed by atoms with van der Waals surface area (Å²) < 4.78 is 241. The van der Waals surface area contributed by atoms with Crippen LogP contribution in [0.2, 0.25) is 0 Å². The van der Waals surface area contributed by atoms with Crippen molar-refractivity contribution in [3.8, 4) is 0 Å². The fourth-order valence-corrected chi connectivity index (χ4v) is 1.65. The zero-order chi connectivity index (χ0) is 30.2. The fourth-order valence-electron chi connectivity index (χ4n) is 0.832. The van der Waals surface area contributed by atoms with Gasteiger partial charge in [-0.1, -0.05) is 3.89 Å². The van der Waals surface area contributed by atoms with E-state index in [4.69, 9.17) is 0 Å². The van der Waals surface area contributed by atoms with Crippen molar-refractivity contribution in [1.82, 2.24) is 0 Å². The summed E-state index contributed by atoms with van der Waals surface area (Å²) in [5, 5.41) is -6.76. The standard InChI is InChI=1S/C4F9IO3S.C4F8IO4S.K/c5-1(6,14)2(7,8)17-3(9,10)4(11,12)18(13,15)16;5-1(6,13)2(7,8)16-3(9,10)4(11,12)17-18(14)15;/q;-1;+1. The van der Waals surface area contributed by atoms with Crippen molar-refractivity contribution >= 4 is 66.4 Å². The minimum absolute atomic E-state index is 0. The smallest absolute Gasteiger partial charge is 0.397 e. The Labute approximate surface area is 263 Å². The third-order valence-corrected chi connectivity index (χ3v) is 4.78. The Balaban J connectivity index is -0.000000608. The first-order valence-corrected chi connectivity index (χ1v) is 11.2. The maximum absolute atomic E-state index is 12.4. The molecule has 0 aromatic carbocycles. The predicted octanol–water partition coefficient (Wildman–Crippen LogP) is 3.16. The summed E-state index contributed by atoms with van der Waals surface area (Å²) in [4.78, 5) is 0. The van der Waals surface area contributed by atoms with E-state index in [2.05, 4.69) is 4.18 Å². The monoisotopic (exact) mass is 888 g/mol. The van der Waals surface area contributed by atoms with Crippen LogP contribution in [0, 0.1) is 0 Å². The normalized spacial score (nSPS) is 15.1. The Kier molecular flexibility index (Phi) is 15.5. The number of hydrogen-bond acceptors (Lipinski definition) is 8. The molecule has 0 atom stereocenters. The van der Waals surface area contributed by atoms with Crippen LogP contribution >= 0.6 is 45.2 Å². The van der Waals surface area contributed by atoms with Gasteiger partial charge in [-0.05, 0) is 0 Å². The van der Waals surface area contributed by atoms with Gasteiger partial charge >= 0.3 is 105 Å². The molecule has 37 heavy (non-hydrogen) atoms. The summed E-state index contributed by atoms with van der Waals surface area (Å²) in [6.07, 6.45) is -31.3. The van der Waals surface area contributed by atoms with E-state index in [1.807, 2.05) is 4.74 Å². The summed E-state index contributed by atoms with van der Waals surface area (Å²) in [7, 11) is -11.6. The molecular weight excluding hydrogens is 888 g/mol. The average molecular weight is 888 g/mol. The topological polar surface area (TPSA) is 96.0 Å². The molecule has 7 nitrogen and oxygen atoms in total. The molecule has 0 unspecified atom stereocenters. The van der Waals surface area contributed by atoms with Crippen LogP contribution in [0.4, 0.5) is 74.1 Å². The van der Waals surface area contributed by atoms with Gasteiger partial charge in [-0.15, -0.1) is 0 Å². The molecule has 0 amide bonds. The molecule has 0 fully saturated rings. The Hall–Kier alpha value is 1.69. The fraction of sp³-hybridized carbons (Fsp3) is 1.00. The average Bonchev–Trinajstić information content (AvgIpc) is 2.48. The van der Waals surface area contributed by atoms with Gasteiger partial charge in [-0.3, -0.25) is 0 Å². The van der Waals surface area contributed by atoms with Crippen molar-refractivity contribution in [2.45, 2.75) is 43.7 Å². The maximum Gasteiger partial charge on any atom is 1.00 e. The van der Waals surface area contributed by atoms with E-state index in [-0.39, 0.29) is 74.0 Å².